The van der Waals surface area contributed by atoms with Gasteiger partial charge in [0.2, 0.25) is 5.95 Å². The number of thiazole rings is 1. The molecule has 0 unspecified atom stereocenters. The Kier molecular flexibility index (Phi) is 8.66. The first-order valence-corrected chi connectivity index (χ1v) is 15.8. The molecule has 4 aromatic rings. The molecule has 4 heterocycles. The van der Waals surface area contributed by atoms with Crippen molar-refractivity contribution in [2.45, 2.75) is 52.6 Å². The number of nitrogens with zero attached hydrogens (tertiary/aromatic N) is 5. The minimum Gasteiger partial charge on any atom is -0.478 e. The number of aromatic carboxylic acids is 1. The van der Waals surface area contributed by atoms with Gasteiger partial charge in [-0.1, -0.05) is 17.7 Å². The summed E-state index contributed by atoms with van der Waals surface area (Å²) in [5.41, 5.74) is 3.49. The number of carboxylic acid groups (broad SMARTS) is 1. The number of carboxylic acids is 1. The van der Waals surface area contributed by atoms with Gasteiger partial charge in [-0.05, 0) is 63.1 Å². The first kappa shape index (κ1) is 32.4. The van der Waals surface area contributed by atoms with Crippen molar-refractivity contribution in [3.8, 4) is 21.0 Å². The van der Waals surface area contributed by atoms with Gasteiger partial charge in [0, 0.05) is 30.4 Å². The molecule has 2 atom stereocenters. The summed E-state index contributed by atoms with van der Waals surface area (Å²) in [6.07, 6.45) is -4.41. The Balaban J connectivity index is 1.37. The number of ether oxygens (including phenoxy) is 2. The highest BCUT2D eigenvalue weighted by Gasteiger charge is 2.42. The number of halogens is 3. The van der Waals surface area contributed by atoms with Gasteiger partial charge in [-0.15, -0.1) is 11.3 Å². The molecule has 47 heavy (non-hydrogen) atoms. The molecule has 14 heteroatoms. The monoisotopic (exact) mass is 667 g/mol. The van der Waals surface area contributed by atoms with E-state index in [1.807, 2.05) is 18.7 Å². The second-order valence-corrected chi connectivity index (χ2v) is 12.7. The number of rotatable bonds is 7. The molecule has 2 saturated heterocycles. The molecule has 2 aliphatic rings. The molecular formula is C33H32F3N5O5S. The second-order valence-electron chi connectivity index (χ2n) is 11.7. The molecule has 6 rings (SSSR count). The van der Waals surface area contributed by atoms with Crippen molar-refractivity contribution in [2.24, 2.45) is 0 Å². The molecule has 0 radical (unpaired) electrons. The predicted octanol–water partition coefficient (Wildman–Crippen LogP) is 6.83. The summed E-state index contributed by atoms with van der Waals surface area (Å²) in [6.45, 7) is 9.24. The van der Waals surface area contributed by atoms with E-state index in [0.29, 0.717) is 59.8 Å². The van der Waals surface area contributed by atoms with Crippen molar-refractivity contribution in [3.63, 3.8) is 0 Å². The lowest BCUT2D eigenvalue weighted by Gasteiger charge is -2.28. The lowest BCUT2D eigenvalue weighted by molar-refractivity contribution is -0.137. The Hall–Kier alpha value is -4.56. The molecule has 2 aromatic carbocycles. The number of hydrogen-bond donors (Lipinski definition) is 1. The van der Waals surface area contributed by atoms with E-state index in [0.717, 1.165) is 28.1 Å². The van der Waals surface area contributed by atoms with E-state index in [2.05, 4.69) is 4.98 Å². The minimum absolute atomic E-state index is 0.0165. The van der Waals surface area contributed by atoms with Crippen molar-refractivity contribution in [1.82, 2.24) is 19.9 Å². The van der Waals surface area contributed by atoms with Gasteiger partial charge in [-0.2, -0.15) is 13.2 Å². The summed E-state index contributed by atoms with van der Waals surface area (Å²) in [6, 6.07) is 7.97. The predicted molar refractivity (Wildman–Crippen MR) is 168 cm³/mol. The lowest BCUT2D eigenvalue weighted by Crippen LogP contribution is -2.38. The number of aryl methyl sites for hydroxylation is 3. The van der Waals surface area contributed by atoms with Crippen LogP contribution in [0.15, 0.2) is 42.6 Å². The topological polar surface area (TPSA) is 118 Å². The second kappa shape index (κ2) is 12.6. The van der Waals surface area contributed by atoms with Crippen LogP contribution in [0.25, 0.3) is 21.0 Å². The Morgan fingerprint density at radius 3 is 2.49 bits per heavy atom. The van der Waals surface area contributed by atoms with Crippen LogP contribution in [0.3, 0.4) is 0 Å². The third kappa shape index (κ3) is 6.52. The molecule has 0 spiro atoms. The first-order valence-electron chi connectivity index (χ1n) is 15.0. The van der Waals surface area contributed by atoms with Crippen LogP contribution in [0.2, 0.25) is 0 Å². The Morgan fingerprint density at radius 2 is 1.81 bits per heavy atom. The van der Waals surface area contributed by atoms with Crippen LogP contribution in [0.5, 0.6) is 0 Å². The summed E-state index contributed by atoms with van der Waals surface area (Å²) in [5.74, 6) is -0.544. The normalized spacial score (nSPS) is 18.5. The Morgan fingerprint density at radius 1 is 1.06 bits per heavy atom. The summed E-state index contributed by atoms with van der Waals surface area (Å²) >= 11 is 1.40. The van der Waals surface area contributed by atoms with Crippen molar-refractivity contribution in [2.75, 3.05) is 31.2 Å². The van der Waals surface area contributed by atoms with E-state index in [-0.39, 0.29) is 17.7 Å². The van der Waals surface area contributed by atoms with Gasteiger partial charge in [0.25, 0.3) is 0 Å². The number of hydrogen-bond acceptors (Lipinski definition) is 9. The molecule has 10 nitrogen and oxygen atoms in total. The summed E-state index contributed by atoms with van der Waals surface area (Å²) < 4.78 is 52.0. The number of aromatic nitrogens is 3. The molecule has 2 fully saturated rings. The molecule has 2 aliphatic heterocycles. The zero-order valence-corrected chi connectivity index (χ0v) is 26.9. The lowest BCUT2D eigenvalue weighted by atomic mass is 9.98. The van der Waals surface area contributed by atoms with Gasteiger partial charge in [0.1, 0.15) is 11.1 Å². The van der Waals surface area contributed by atoms with Crippen LogP contribution in [0, 0.1) is 20.8 Å². The fourth-order valence-electron chi connectivity index (χ4n) is 5.89. The maximum Gasteiger partial charge on any atom is 0.416 e. The van der Waals surface area contributed by atoms with Crippen LogP contribution in [-0.4, -0.2) is 69.4 Å². The summed E-state index contributed by atoms with van der Waals surface area (Å²) in [7, 11) is 0. The van der Waals surface area contributed by atoms with Gasteiger partial charge in [-0.25, -0.2) is 24.5 Å². The number of alkyl halides is 3. The van der Waals surface area contributed by atoms with Crippen LogP contribution in [0.1, 0.15) is 57.0 Å². The van der Waals surface area contributed by atoms with Gasteiger partial charge < -0.3 is 19.5 Å². The average Bonchev–Trinajstić information content (AvgIpc) is 3.55. The van der Waals surface area contributed by atoms with E-state index < -0.39 is 35.9 Å². The third-order valence-electron chi connectivity index (χ3n) is 8.36. The number of carbonyl (C=O) groups is 2. The molecule has 0 aliphatic carbocycles. The van der Waals surface area contributed by atoms with Gasteiger partial charge in [0.15, 0.2) is 0 Å². The molecule has 2 aromatic heterocycles. The Bertz CT molecular complexity index is 1860. The standard InChI is InChI=1S/C33H32F3N5O5S/c1-17-11-22(14-23(12-17)33(34,35)36)27-20(4)41(32(44)46-27)16-26-25(15-37-31(39-26)40-7-9-45-10-8-40)28-19(3)38-29(47-28)24-6-5-21(30(42)43)13-18(24)2/h5-6,11-15,20,27H,7-10,16H2,1-4H3,(H,42,43)/t20-,27-/m0/s1. The van der Waals surface area contributed by atoms with E-state index in [1.54, 1.807) is 38.2 Å². The average molecular weight is 668 g/mol. The summed E-state index contributed by atoms with van der Waals surface area (Å²) in [5, 5.41) is 10.1. The first-order chi connectivity index (χ1) is 22.3. The highest BCUT2D eigenvalue weighted by Crippen LogP contribution is 2.41. The van der Waals surface area contributed by atoms with E-state index in [4.69, 9.17) is 19.4 Å². The molecule has 1 N–H and O–H groups in total. The molecular weight excluding hydrogens is 635 g/mol. The number of cyclic esters (lactones) is 1. The van der Waals surface area contributed by atoms with Crippen LogP contribution < -0.4 is 4.90 Å². The number of morpholine rings is 1. The van der Waals surface area contributed by atoms with E-state index in [9.17, 15) is 27.9 Å². The van der Waals surface area contributed by atoms with Gasteiger partial charge in [0.05, 0.1) is 53.2 Å². The maximum atomic E-state index is 13.6. The highest BCUT2D eigenvalue weighted by atomic mass is 32.1. The fourth-order valence-corrected chi connectivity index (χ4v) is 7.08. The maximum absolute atomic E-state index is 13.6. The fraction of sp³-hybridized carbons (Fsp3) is 0.364. The molecule has 0 bridgehead atoms. The zero-order chi connectivity index (χ0) is 33.6. The van der Waals surface area contributed by atoms with Gasteiger partial charge >= 0.3 is 18.2 Å². The number of carbonyl (C=O) groups excluding carboxylic acids is 1. The van der Waals surface area contributed by atoms with Crippen molar-refractivity contribution >= 4 is 29.3 Å². The van der Waals surface area contributed by atoms with Crippen LogP contribution in [0.4, 0.5) is 23.9 Å². The van der Waals surface area contributed by atoms with Crippen LogP contribution in [-0.2, 0) is 22.2 Å². The molecule has 1 amide bonds. The van der Waals surface area contributed by atoms with Crippen molar-refractivity contribution in [3.05, 3.63) is 81.8 Å². The smallest absolute Gasteiger partial charge is 0.416 e. The minimum atomic E-state index is -4.54. The highest BCUT2D eigenvalue weighted by molar-refractivity contribution is 7.18. The van der Waals surface area contributed by atoms with E-state index >= 15 is 0 Å². The molecule has 0 saturated carbocycles. The largest absolute Gasteiger partial charge is 0.478 e. The summed E-state index contributed by atoms with van der Waals surface area (Å²) in [4.78, 5) is 43.4. The van der Waals surface area contributed by atoms with Crippen molar-refractivity contribution in [1.29, 1.82) is 0 Å². The van der Waals surface area contributed by atoms with E-state index in [1.165, 1.54) is 22.3 Å². The zero-order valence-electron chi connectivity index (χ0n) is 26.1. The number of benzene rings is 2. The van der Waals surface area contributed by atoms with Crippen molar-refractivity contribution < 1.29 is 37.3 Å². The quantitative estimate of drug-likeness (QED) is 0.226. The van der Waals surface area contributed by atoms with Crippen LogP contribution >= 0.6 is 11.3 Å². The van der Waals surface area contributed by atoms with Gasteiger partial charge in [-0.3, -0.25) is 4.90 Å². The number of anilines is 1. The number of amides is 1. The SMILES string of the molecule is Cc1cc([C@H]2OC(=O)N(Cc3nc(N4CCOCC4)ncc3-c3sc(-c4ccc(C(=O)O)cc4C)nc3C)[C@H]2C)cc(C(F)(F)F)c1. The Labute approximate surface area is 272 Å². The molecule has 246 valence electrons. The third-order valence-corrected chi connectivity index (χ3v) is 9.59.